The molecule has 0 radical (unpaired) electrons. The standard InChI is InChI=1S/C22H17N3O5S/c1-31(28,29)17-8-5-15(6-9-17)24-22-23-12-11-20(25-22)30-16-7-10-18-14(13-16)3-2-4-19(18)21(26)27/h2-13H,1H3,(H,26,27)(H,23,24,25). The number of nitrogens with one attached hydrogen (secondary N) is 1. The van der Waals surface area contributed by atoms with Crippen LogP contribution in [0.15, 0.2) is 77.8 Å². The van der Waals surface area contributed by atoms with E-state index in [0.717, 1.165) is 11.6 Å². The molecule has 31 heavy (non-hydrogen) atoms. The van der Waals surface area contributed by atoms with Gasteiger partial charge in [-0.25, -0.2) is 18.2 Å². The molecule has 1 heterocycles. The van der Waals surface area contributed by atoms with Gasteiger partial charge in [0.05, 0.1) is 10.5 Å². The summed E-state index contributed by atoms with van der Waals surface area (Å²) in [5.74, 6) is 0.0742. The number of carbonyl (C=O) groups is 1. The summed E-state index contributed by atoms with van der Waals surface area (Å²) < 4.78 is 28.9. The zero-order chi connectivity index (χ0) is 22.0. The fourth-order valence-electron chi connectivity index (χ4n) is 3.01. The van der Waals surface area contributed by atoms with Gasteiger partial charge in [0.15, 0.2) is 9.84 Å². The van der Waals surface area contributed by atoms with Gasteiger partial charge in [0.2, 0.25) is 11.8 Å². The van der Waals surface area contributed by atoms with E-state index < -0.39 is 15.8 Å². The van der Waals surface area contributed by atoms with Crippen LogP contribution in [0.3, 0.4) is 0 Å². The van der Waals surface area contributed by atoms with Crippen molar-refractivity contribution in [2.45, 2.75) is 4.90 Å². The summed E-state index contributed by atoms with van der Waals surface area (Å²) in [6.07, 6.45) is 2.67. The Morgan fingerprint density at radius 1 is 1.03 bits per heavy atom. The number of hydrogen-bond donors (Lipinski definition) is 2. The van der Waals surface area contributed by atoms with Gasteiger partial charge in [-0.15, -0.1) is 0 Å². The van der Waals surface area contributed by atoms with Crippen molar-refractivity contribution in [3.8, 4) is 11.6 Å². The Morgan fingerprint density at radius 3 is 2.52 bits per heavy atom. The lowest BCUT2D eigenvalue weighted by atomic mass is 10.0. The third-order valence-corrected chi connectivity index (χ3v) is 5.60. The van der Waals surface area contributed by atoms with Crippen LogP contribution in [0, 0.1) is 0 Å². The molecule has 156 valence electrons. The smallest absolute Gasteiger partial charge is 0.336 e. The van der Waals surface area contributed by atoms with Gasteiger partial charge in [0.1, 0.15) is 5.75 Å². The molecule has 0 aliphatic heterocycles. The van der Waals surface area contributed by atoms with Crippen molar-refractivity contribution in [3.63, 3.8) is 0 Å². The van der Waals surface area contributed by atoms with Gasteiger partial charge in [-0.05, 0) is 59.3 Å². The first-order valence-electron chi connectivity index (χ1n) is 9.14. The monoisotopic (exact) mass is 435 g/mol. The van der Waals surface area contributed by atoms with Crippen LogP contribution < -0.4 is 10.1 Å². The maximum Gasteiger partial charge on any atom is 0.336 e. The number of carboxylic acid groups (broad SMARTS) is 1. The minimum absolute atomic E-state index is 0.221. The lowest BCUT2D eigenvalue weighted by Gasteiger charge is -2.09. The minimum Gasteiger partial charge on any atom is -0.478 e. The second-order valence-corrected chi connectivity index (χ2v) is 8.75. The molecule has 0 aliphatic carbocycles. The number of nitrogens with zero attached hydrogens (tertiary/aromatic N) is 2. The van der Waals surface area contributed by atoms with Crippen LogP contribution >= 0.6 is 0 Å². The maximum atomic E-state index is 11.6. The van der Waals surface area contributed by atoms with Crippen LogP contribution in [0.2, 0.25) is 0 Å². The predicted octanol–water partition coefficient (Wildman–Crippen LogP) is 4.27. The van der Waals surface area contributed by atoms with Crippen LogP contribution in [0.25, 0.3) is 10.8 Å². The van der Waals surface area contributed by atoms with E-state index in [2.05, 4.69) is 15.3 Å². The Kier molecular flexibility index (Phi) is 5.26. The number of aromatic carboxylic acids is 1. The Labute approximate surface area is 178 Å². The Balaban J connectivity index is 1.54. The second-order valence-electron chi connectivity index (χ2n) is 6.74. The molecule has 9 heteroatoms. The van der Waals surface area contributed by atoms with Gasteiger partial charge in [-0.2, -0.15) is 4.98 Å². The molecular weight excluding hydrogens is 418 g/mol. The van der Waals surface area contributed by atoms with E-state index in [4.69, 9.17) is 4.74 Å². The highest BCUT2D eigenvalue weighted by Crippen LogP contribution is 2.27. The molecular formula is C22H17N3O5S. The maximum absolute atomic E-state index is 11.6. The van der Waals surface area contributed by atoms with Crippen LogP contribution in [-0.2, 0) is 9.84 Å². The van der Waals surface area contributed by atoms with Crippen molar-refractivity contribution in [1.82, 2.24) is 9.97 Å². The molecule has 0 bridgehead atoms. The topological polar surface area (TPSA) is 118 Å². The average molecular weight is 435 g/mol. The molecule has 0 spiro atoms. The van der Waals surface area contributed by atoms with E-state index in [0.29, 0.717) is 22.7 Å². The number of anilines is 2. The van der Waals surface area contributed by atoms with Gasteiger partial charge in [-0.1, -0.05) is 12.1 Å². The number of rotatable bonds is 6. The highest BCUT2D eigenvalue weighted by molar-refractivity contribution is 7.90. The summed E-state index contributed by atoms with van der Waals surface area (Å²) in [5.41, 5.74) is 0.843. The van der Waals surface area contributed by atoms with E-state index in [1.165, 1.54) is 18.3 Å². The van der Waals surface area contributed by atoms with E-state index >= 15 is 0 Å². The minimum atomic E-state index is -3.27. The molecule has 0 saturated heterocycles. The summed E-state index contributed by atoms with van der Waals surface area (Å²) in [5, 5.41) is 13.7. The number of sulfone groups is 1. The second kappa shape index (κ2) is 8.04. The Hall–Kier alpha value is -3.98. The SMILES string of the molecule is CS(=O)(=O)c1ccc(Nc2nccc(Oc3ccc4c(C(=O)O)cccc4c3)n2)cc1. The van der Waals surface area contributed by atoms with E-state index in [1.807, 2.05) is 6.07 Å². The van der Waals surface area contributed by atoms with E-state index in [1.54, 1.807) is 48.5 Å². The fraction of sp³-hybridized carbons (Fsp3) is 0.0455. The van der Waals surface area contributed by atoms with E-state index in [-0.39, 0.29) is 16.4 Å². The molecule has 1 aromatic heterocycles. The van der Waals surface area contributed by atoms with Crippen molar-refractivity contribution in [2.75, 3.05) is 11.6 Å². The number of aromatic nitrogens is 2. The molecule has 0 saturated carbocycles. The summed E-state index contributed by atoms with van der Waals surface area (Å²) in [4.78, 5) is 20.0. The number of carboxylic acids is 1. The molecule has 8 nitrogen and oxygen atoms in total. The van der Waals surface area contributed by atoms with Crippen molar-refractivity contribution < 1.29 is 23.1 Å². The Morgan fingerprint density at radius 2 is 1.81 bits per heavy atom. The summed E-state index contributed by atoms with van der Waals surface area (Å²) in [6, 6.07) is 18.0. The molecule has 0 aliphatic rings. The summed E-state index contributed by atoms with van der Waals surface area (Å²) in [6.45, 7) is 0. The van der Waals surface area contributed by atoms with Crippen LogP contribution in [-0.4, -0.2) is 35.7 Å². The number of ether oxygens (including phenoxy) is 1. The van der Waals surface area contributed by atoms with Crippen LogP contribution in [0.5, 0.6) is 11.6 Å². The quantitative estimate of drug-likeness (QED) is 0.461. The molecule has 4 aromatic rings. The van der Waals surface area contributed by atoms with E-state index in [9.17, 15) is 18.3 Å². The largest absolute Gasteiger partial charge is 0.478 e. The number of benzene rings is 3. The first kappa shape index (κ1) is 20.3. The zero-order valence-electron chi connectivity index (χ0n) is 16.3. The third-order valence-electron chi connectivity index (χ3n) is 4.47. The molecule has 0 amide bonds. The van der Waals surface area contributed by atoms with Crippen molar-refractivity contribution in [2.24, 2.45) is 0 Å². The lowest BCUT2D eigenvalue weighted by Crippen LogP contribution is -2.00. The molecule has 0 fully saturated rings. The van der Waals surface area contributed by atoms with Gasteiger partial charge in [0.25, 0.3) is 0 Å². The summed E-state index contributed by atoms with van der Waals surface area (Å²) in [7, 11) is -3.27. The number of hydrogen-bond acceptors (Lipinski definition) is 7. The van der Waals surface area contributed by atoms with Gasteiger partial charge < -0.3 is 15.2 Å². The molecule has 0 atom stereocenters. The first-order valence-corrected chi connectivity index (χ1v) is 11.0. The Bertz CT molecular complexity index is 1390. The molecule has 2 N–H and O–H groups in total. The van der Waals surface area contributed by atoms with Crippen LogP contribution in [0.1, 0.15) is 10.4 Å². The van der Waals surface area contributed by atoms with Crippen molar-refractivity contribution >= 4 is 38.2 Å². The predicted molar refractivity (Wildman–Crippen MR) is 116 cm³/mol. The van der Waals surface area contributed by atoms with Gasteiger partial charge >= 0.3 is 5.97 Å². The molecule has 4 rings (SSSR count). The normalized spacial score (nSPS) is 11.3. The zero-order valence-corrected chi connectivity index (χ0v) is 17.1. The van der Waals surface area contributed by atoms with Gasteiger partial charge in [0, 0.05) is 24.2 Å². The molecule has 3 aromatic carbocycles. The fourth-order valence-corrected chi connectivity index (χ4v) is 3.64. The average Bonchev–Trinajstić information content (AvgIpc) is 2.73. The van der Waals surface area contributed by atoms with Crippen molar-refractivity contribution in [3.05, 3.63) is 78.5 Å². The lowest BCUT2D eigenvalue weighted by molar-refractivity contribution is 0.0699. The highest BCUT2D eigenvalue weighted by atomic mass is 32.2. The highest BCUT2D eigenvalue weighted by Gasteiger charge is 2.10. The van der Waals surface area contributed by atoms with Gasteiger partial charge in [-0.3, -0.25) is 0 Å². The first-order chi connectivity index (χ1) is 14.8. The summed E-state index contributed by atoms with van der Waals surface area (Å²) >= 11 is 0. The van der Waals surface area contributed by atoms with Crippen LogP contribution in [0.4, 0.5) is 11.6 Å². The molecule has 0 unspecified atom stereocenters. The third kappa shape index (κ3) is 4.62. The number of fused-ring (bicyclic) bond motifs is 1. The van der Waals surface area contributed by atoms with Crippen molar-refractivity contribution in [1.29, 1.82) is 0 Å².